The molecule has 0 radical (unpaired) electrons. The minimum atomic E-state index is -0.510. The van der Waals surface area contributed by atoms with E-state index in [9.17, 15) is 9.18 Å². The van der Waals surface area contributed by atoms with Crippen LogP contribution in [0.3, 0.4) is 0 Å². The van der Waals surface area contributed by atoms with E-state index >= 15 is 0 Å². The molecule has 0 N–H and O–H groups in total. The Bertz CT molecular complexity index is 576. The summed E-state index contributed by atoms with van der Waals surface area (Å²) in [6.07, 6.45) is 2.30. The molecule has 1 aromatic rings. The van der Waals surface area contributed by atoms with Crippen LogP contribution in [-0.2, 0) is 9.47 Å². The fourth-order valence-corrected chi connectivity index (χ4v) is 2.95. The van der Waals surface area contributed by atoms with Crippen LogP contribution in [0.1, 0.15) is 20.8 Å². The molecule has 2 aliphatic rings. The highest BCUT2D eigenvalue weighted by atomic mass is 19.1. The van der Waals surface area contributed by atoms with Gasteiger partial charge in [-0.25, -0.2) is 9.18 Å². The summed E-state index contributed by atoms with van der Waals surface area (Å²) in [4.78, 5) is 19.9. The number of hydrogen-bond donors (Lipinski definition) is 0. The predicted octanol–water partition coefficient (Wildman–Crippen LogP) is 2.05. The minimum Gasteiger partial charge on any atom is -0.444 e. The van der Waals surface area contributed by atoms with Gasteiger partial charge in [0.15, 0.2) is 0 Å². The Kier molecular flexibility index (Phi) is 4.14. The summed E-state index contributed by atoms with van der Waals surface area (Å²) >= 11 is 0. The first-order valence-electron chi connectivity index (χ1n) is 7.79. The van der Waals surface area contributed by atoms with Gasteiger partial charge in [0.25, 0.3) is 0 Å². The number of pyridine rings is 1. The second kappa shape index (κ2) is 5.96. The number of nitrogens with zero attached hydrogens (tertiary/aromatic N) is 3. The number of halogens is 1. The van der Waals surface area contributed by atoms with Gasteiger partial charge in [-0.05, 0) is 20.8 Å². The van der Waals surface area contributed by atoms with Crippen molar-refractivity contribution in [1.29, 1.82) is 0 Å². The number of morpholine rings is 2. The van der Waals surface area contributed by atoms with Crippen molar-refractivity contribution < 1.29 is 18.7 Å². The van der Waals surface area contributed by atoms with E-state index in [-0.39, 0.29) is 24.1 Å². The van der Waals surface area contributed by atoms with E-state index in [1.807, 2.05) is 20.8 Å². The zero-order valence-electron chi connectivity index (χ0n) is 13.7. The van der Waals surface area contributed by atoms with Crippen LogP contribution in [0.4, 0.5) is 14.9 Å². The van der Waals surface area contributed by atoms with E-state index in [1.54, 1.807) is 11.1 Å². The zero-order valence-corrected chi connectivity index (χ0v) is 13.7. The average molecular weight is 323 g/mol. The minimum absolute atomic E-state index is 0.113. The van der Waals surface area contributed by atoms with E-state index < -0.39 is 5.60 Å². The molecule has 0 spiro atoms. The maximum Gasteiger partial charge on any atom is 0.410 e. The van der Waals surface area contributed by atoms with Gasteiger partial charge in [0, 0.05) is 19.2 Å². The van der Waals surface area contributed by atoms with Gasteiger partial charge >= 0.3 is 6.09 Å². The Balaban J connectivity index is 1.65. The number of hydrogen-bond acceptors (Lipinski definition) is 5. The molecule has 2 bridgehead atoms. The quantitative estimate of drug-likeness (QED) is 0.792. The number of fused-ring (bicyclic) bond motifs is 2. The topological polar surface area (TPSA) is 54.9 Å². The van der Waals surface area contributed by atoms with Crippen LogP contribution in [-0.4, -0.2) is 60.0 Å². The smallest absolute Gasteiger partial charge is 0.410 e. The predicted molar refractivity (Wildman–Crippen MR) is 82.9 cm³/mol. The first-order valence-corrected chi connectivity index (χ1v) is 7.79. The summed E-state index contributed by atoms with van der Waals surface area (Å²) in [5, 5.41) is 0. The number of carbonyl (C=O) groups excluding carboxylic acids is 1. The number of ether oxygens (including phenoxy) is 2. The van der Waals surface area contributed by atoms with Crippen LogP contribution < -0.4 is 4.90 Å². The van der Waals surface area contributed by atoms with Gasteiger partial charge in [-0.1, -0.05) is 0 Å². The summed E-state index contributed by atoms with van der Waals surface area (Å²) in [6, 6.07) is 1.47. The highest BCUT2D eigenvalue weighted by Crippen LogP contribution is 2.25. The second-order valence-electron chi connectivity index (χ2n) is 7.03. The molecule has 7 heteroatoms. The molecular formula is C16H22FN3O3. The van der Waals surface area contributed by atoms with E-state index in [0.717, 1.165) is 5.69 Å². The van der Waals surface area contributed by atoms with Crippen LogP contribution in [0.5, 0.6) is 0 Å². The number of aromatic nitrogens is 1. The Morgan fingerprint density at radius 3 is 2.48 bits per heavy atom. The Hall–Kier alpha value is -1.89. The van der Waals surface area contributed by atoms with Gasteiger partial charge in [0.1, 0.15) is 11.4 Å². The highest BCUT2D eigenvalue weighted by molar-refractivity contribution is 5.68. The molecule has 3 heterocycles. The van der Waals surface area contributed by atoms with Crippen LogP contribution in [0.2, 0.25) is 0 Å². The summed E-state index contributed by atoms with van der Waals surface area (Å²) < 4.78 is 24.7. The lowest BCUT2D eigenvalue weighted by Gasteiger charge is -2.46. The molecular weight excluding hydrogens is 301 g/mol. The Morgan fingerprint density at radius 2 is 1.91 bits per heavy atom. The summed E-state index contributed by atoms with van der Waals surface area (Å²) in [6.45, 7) is 7.71. The molecule has 2 atom stereocenters. The molecule has 2 aliphatic heterocycles. The maximum absolute atomic E-state index is 13.3. The van der Waals surface area contributed by atoms with Crippen LogP contribution in [0.25, 0.3) is 0 Å². The van der Waals surface area contributed by atoms with Gasteiger partial charge in [0.05, 0.1) is 43.4 Å². The zero-order chi connectivity index (χ0) is 16.6. The summed E-state index contributed by atoms with van der Waals surface area (Å²) in [7, 11) is 0. The van der Waals surface area contributed by atoms with Crippen molar-refractivity contribution in [2.45, 2.75) is 38.6 Å². The lowest BCUT2D eigenvalue weighted by Crippen LogP contribution is -2.61. The molecule has 1 aromatic heterocycles. The van der Waals surface area contributed by atoms with Crippen molar-refractivity contribution in [1.82, 2.24) is 9.88 Å². The monoisotopic (exact) mass is 323 g/mol. The Morgan fingerprint density at radius 1 is 1.26 bits per heavy atom. The molecule has 2 fully saturated rings. The maximum atomic E-state index is 13.3. The van der Waals surface area contributed by atoms with Crippen LogP contribution in [0.15, 0.2) is 18.5 Å². The van der Waals surface area contributed by atoms with Gasteiger partial charge in [-0.3, -0.25) is 4.98 Å². The average Bonchev–Trinajstić information content (AvgIpc) is 2.44. The van der Waals surface area contributed by atoms with Crippen molar-refractivity contribution in [2.75, 3.05) is 31.1 Å². The van der Waals surface area contributed by atoms with Crippen LogP contribution in [0, 0.1) is 5.82 Å². The van der Waals surface area contributed by atoms with Crippen molar-refractivity contribution in [3.63, 3.8) is 0 Å². The van der Waals surface area contributed by atoms with E-state index in [1.165, 1.54) is 12.3 Å². The molecule has 23 heavy (non-hydrogen) atoms. The first kappa shape index (κ1) is 16.0. The van der Waals surface area contributed by atoms with E-state index in [0.29, 0.717) is 26.2 Å². The summed E-state index contributed by atoms with van der Waals surface area (Å²) in [5.74, 6) is -0.352. The second-order valence-corrected chi connectivity index (χ2v) is 7.03. The third kappa shape index (κ3) is 3.90. The molecule has 2 saturated heterocycles. The van der Waals surface area contributed by atoms with Gasteiger partial charge in [-0.2, -0.15) is 0 Å². The van der Waals surface area contributed by atoms with E-state index in [2.05, 4.69) is 9.88 Å². The fourth-order valence-electron chi connectivity index (χ4n) is 2.95. The lowest BCUT2D eigenvalue weighted by atomic mass is 10.1. The van der Waals surface area contributed by atoms with Crippen molar-refractivity contribution in [2.24, 2.45) is 0 Å². The molecule has 6 nitrogen and oxygen atoms in total. The molecule has 0 aromatic carbocycles. The largest absolute Gasteiger partial charge is 0.444 e. The molecule has 0 aliphatic carbocycles. The summed E-state index contributed by atoms with van der Waals surface area (Å²) in [5.41, 5.74) is 0.234. The van der Waals surface area contributed by atoms with Gasteiger partial charge in [-0.15, -0.1) is 0 Å². The number of amides is 1. The first-order chi connectivity index (χ1) is 10.8. The third-order valence-corrected chi connectivity index (χ3v) is 3.79. The third-order valence-electron chi connectivity index (χ3n) is 3.79. The molecule has 2 unspecified atom stereocenters. The van der Waals surface area contributed by atoms with Crippen molar-refractivity contribution in [3.8, 4) is 0 Å². The molecule has 3 rings (SSSR count). The number of anilines is 1. The molecule has 1 amide bonds. The van der Waals surface area contributed by atoms with Crippen LogP contribution >= 0.6 is 0 Å². The fraction of sp³-hybridized carbons (Fsp3) is 0.625. The molecule has 126 valence electrons. The van der Waals surface area contributed by atoms with Crippen molar-refractivity contribution >= 4 is 11.8 Å². The number of carbonyl (C=O) groups is 1. The normalized spacial score (nSPS) is 24.5. The van der Waals surface area contributed by atoms with E-state index in [4.69, 9.17) is 9.47 Å². The van der Waals surface area contributed by atoms with Crippen molar-refractivity contribution in [3.05, 3.63) is 24.3 Å². The Labute approximate surface area is 135 Å². The standard InChI is InChI=1S/C16H22FN3O3/c1-16(2,3)23-15(21)20-9-13-7-19(8-14(10-20)22-13)12-4-11(17)5-18-6-12/h4-6,13-14H,7-10H2,1-3H3. The molecule has 0 saturated carbocycles. The van der Waals surface area contributed by atoms with Gasteiger partial charge in [0.2, 0.25) is 0 Å². The highest BCUT2D eigenvalue weighted by Gasteiger charge is 2.38. The SMILES string of the molecule is CC(C)(C)OC(=O)N1CC2CN(c3cncc(F)c3)CC(C1)O2. The number of rotatable bonds is 1. The lowest BCUT2D eigenvalue weighted by molar-refractivity contribution is -0.0949. The van der Waals surface area contributed by atoms with Gasteiger partial charge < -0.3 is 19.3 Å².